The monoisotopic (exact) mass is 561 g/mol. The first-order valence-corrected chi connectivity index (χ1v) is 12.7. The summed E-state index contributed by atoms with van der Waals surface area (Å²) in [5.74, 6) is -3.12. The van der Waals surface area contributed by atoms with Gasteiger partial charge < -0.3 is 15.9 Å². The van der Waals surface area contributed by atoms with E-state index in [-0.39, 0.29) is 45.6 Å². The third kappa shape index (κ3) is 5.28. The average Bonchev–Trinajstić information content (AvgIpc) is 2.92. The summed E-state index contributed by atoms with van der Waals surface area (Å²) >= 11 is 0. The number of nitrogens with two attached hydrogens (primary N) is 1. The van der Waals surface area contributed by atoms with Gasteiger partial charge in [-0.3, -0.25) is 14.4 Å². The van der Waals surface area contributed by atoms with Crippen LogP contribution in [0.15, 0.2) is 73.1 Å². The maximum Gasteiger partial charge on any atom is 0.416 e. The molecule has 1 amide bonds. The summed E-state index contributed by atoms with van der Waals surface area (Å²) in [7, 11) is 0. The van der Waals surface area contributed by atoms with Crippen LogP contribution in [0.25, 0.3) is 0 Å². The molecule has 0 fully saturated rings. The van der Waals surface area contributed by atoms with Gasteiger partial charge in [0.25, 0.3) is 0 Å². The number of halogens is 3. The summed E-state index contributed by atoms with van der Waals surface area (Å²) in [6.07, 6.45) is 0.421. The SMILES string of the molecule is NC(=O)c1cc(O)c2c(c1CCCc1cc[n+](Cc3ccc(C(F)(F)F)cc3)cc1)C(=O)c1cccc(O)c1C2=O. The molecule has 7 nitrogen and oxygen atoms in total. The number of pyridine rings is 1. The Morgan fingerprint density at radius 1 is 0.805 bits per heavy atom. The van der Waals surface area contributed by atoms with Gasteiger partial charge in [0.1, 0.15) is 11.5 Å². The molecule has 10 heteroatoms. The molecule has 41 heavy (non-hydrogen) atoms. The van der Waals surface area contributed by atoms with E-state index in [9.17, 15) is 37.8 Å². The predicted molar refractivity (Wildman–Crippen MR) is 141 cm³/mol. The van der Waals surface area contributed by atoms with Crippen molar-refractivity contribution in [2.24, 2.45) is 5.73 Å². The number of amides is 1. The molecule has 1 heterocycles. The highest BCUT2D eigenvalue weighted by Gasteiger charge is 2.37. The number of aryl methyl sites for hydroxylation is 1. The molecule has 208 valence electrons. The van der Waals surface area contributed by atoms with Gasteiger partial charge in [0.2, 0.25) is 11.7 Å². The van der Waals surface area contributed by atoms with E-state index in [2.05, 4.69) is 0 Å². The molecule has 0 saturated carbocycles. The maximum atomic E-state index is 13.5. The Morgan fingerprint density at radius 2 is 1.49 bits per heavy atom. The standard InChI is InChI=1S/C31H23F3N2O5/c32-31(33,34)19-9-7-18(8-10-19)16-36-13-11-17(12-14-36)3-1-4-20-22(30(35)41)15-24(38)27-26(20)28(39)21-5-2-6-23(37)25(21)29(27)40/h2,5-15H,1,3-4,16H2,(H3-,35,37,38,40,41)/p+1. The van der Waals surface area contributed by atoms with Crippen molar-refractivity contribution in [1.29, 1.82) is 0 Å². The van der Waals surface area contributed by atoms with Crippen LogP contribution in [0.2, 0.25) is 0 Å². The zero-order valence-electron chi connectivity index (χ0n) is 21.5. The van der Waals surface area contributed by atoms with E-state index in [1.165, 1.54) is 30.3 Å². The molecular weight excluding hydrogens is 537 g/mol. The van der Waals surface area contributed by atoms with Crippen molar-refractivity contribution >= 4 is 17.5 Å². The number of phenols is 2. The second-order valence-electron chi connectivity index (χ2n) is 9.82. The van der Waals surface area contributed by atoms with Gasteiger partial charge in [-0.25, -0.2) is 4.57 Å². The second-order valence-corrected chi connectivity index (χ2v) is 9.82. The van der Waals surface area contributed by atoms with E-state index in [1.54, 1.807) is 12.4 Å². The number of aromatic hydroxyl groups is 2. The molecule has 0 bridgehead atoms. The van der Waals surface area contributed by atoms with Crippen LogP contribution in [0.1, 0.15) is 70.9 Å². The minimum Gasteiger partial charge on any atom is -0.507 e. The summed E-state index contributed by atoms with van der Waals surface area (Å²) in [6, 6.07) is 13.9. The number of primary amides is 1. The fourth-order valence-corrected chi connectivity index (χ4v) is 5.14. The molecule has 0 spiro atoms. The Morgan fingerprint density at radius 3 is 2.12 bits per heavy atom. The second kappa shape index (κ2) is 10.5. The summed E-state index contributed by atoms with van der Waals surface area (Å²) in [6.45, 7) is 0.382. The number of nitrogens with zero attached hydrogens (tertiary/aromatic N) is 1. The highest BCUT2D eigenvalue weighted by Crippen LogP contribution is 2.40. The van der Waals surface area contributed by atoms with Gasteiger partial charge in [0.15, 0.2) is 24.7 Å². The summed E-state index contributed by atoms with van der Waals surface area (Å²) in [5.41, 5.74) is 6.10. The van der Waals surface area contributed by atoms with Crippen LogP contribution in [0, 0.1) is 0 Å². The molecule has 0 saturated heterocycles. The molecular formula is C31H24F3N2O5+. The van der Waals surface area contributed by atoms with Crippen LogP contribution in [0.3, 0.4) is 0 Å². The number of phenolic OH excluding ortho intramolecular Hbond substituents is 2. The third-order valence-corrected chi connectivity index (χ3v) is 7.15. The van der Waals surface area contributed by atoms with Gasteiger partial charge in [-0.1, -0.05) is 24.3 Å². The number of rotatable bonds is 7. The molecule has 1 aromatic heterocycles. The Balaban J connectivity index is 1.34. The molecule has 5 rings (SSSR count). The Kier molecular flexibility index (Phi) is 7.08. The zero-order valence-corrected chi connectivity index (χ0v) is 21.5. The van der Waals surface area contributed by atoms with Crippen LogP contribution in [-0.2, 0) is 25.6 Å². The van der Waals surface area contributed by atoms with E-state index < -0.39 is 35.0 Å². The first kappa shape index (κ1) is 27.6. The number of ketones is 2. The van der Waals surface area contributed by atoms with Gasteiger partial charge in [0.05, 0.1) is 16.7 Å². The average molecular weight is 562 g/mol. The van der Waals surface area contributed by atoms with Gasteiger partial charge >= 0.3 is 6.18 Å². The molecule has 1 aliphatic carbocycles. The molecule has 0 radical (unpaired) electrons. The fourth-order valence-electron chi connectivity index (χ4n) is 5.14. The number of hydrogen-bond donors (Lipinski definition) is 3. The number of alkyl halides is 3. The number of carbonyl (C=O) groups excluding carboxylic acids is 3. The Bertz CT molecular complexity index is 1700. The lowest BCUT2D eigenvalue weighted by Crippen LogP contribution is -2.33. The maximum absolute atomic E-state index is 13.5. The lowest BCUT2D eigenvalue weighted by atomic mass is 9.78. The number of hydrogen-bond acceptors (Lipinski definition) is 5. The summed E-state index contributed by atoms with van der Waals surface area (Å²) < 4.78 is 40.2. The van der Waals surface area contributed by atoms with E-state index in [1.807, 2.05) is 16.7 Å². The molecule has 4 aromatic rings. The Hall–Kier alpha value is -4.99. The van der Waals surface area contributed by atoms with Crippen molar-refractivity contribution in [3.63, 3.8) is 0 Å². The van der Waals surface area contributed by atoms with E-state index in [4.69, 9.17) is 5.73 Å². The molecule has 0 atom stereocenters. The lowest BCUT2D eigenvalue weighted by molar-refractivity contribution is -0.688. The van der Waals surface area contributed by atoms with E-state index in [0.717, 1.165) is 23.8 Å². The topological polar surface area (TPSA) is 122 Å². The first-order valence-electron chi connectivity index (χ1n) is 12.7. The summed E-state index contributed by atoms with van der Waals surface area (Å²) in [4.78, 5) is 38.9. The van der Waals surface area contributed by atoms with Crippen molar-refractivity contribution in [3.8, 4) is 11.5 Å². The minimum atomic E-state index is -4.39. The van der Waals surface area contributed by atoms with Crippen molar-refractivity contribution in [2.45, 2.75) is 32.0 Å². The summed E-state index contributed by atoms with van der Waals surface area (Å²) in [5, 5.41) is 20.8. The molecule has 4 N–H and O–H groups in total. The number of benzene rings is 3. The Labute approximate surface area is 232 Å². The lowest BCUT2D eigenvalue weighted by Gasteiger charge is -2.23. The highest BCUT2D eigenvalue weighted by atomic mass is 19.4. The van der Waals surface area contributed by atoms with Crippen LogP contribution in [0.5, 0.6) is 11.5 Å². The van der Waals surface area contributed by atoms with Crippen LogP contribution in [-0.4, -0.2) is 27.7 Å². The first-order chi connectivity index (χ1) is 19.5. The predicted octanol–water partition coefficient (Wildman–Crippen LogP) is 4.50. The smallest absolute Gasteiger partial charge is 0.416 e. The largest absolute Gasteiger partial charge is 0.507 e. The number of fused-ring (bicyclic) bond motifs is 2. The van der Waals surface area contributed by atoms with E-state index >= 15 is 0 Å². The van der Waals surface area contributed by atoms with Gasteiger partial charge in [-0.05, 0) is 54.7 Å². The van der Waals surface area contributed by atoms with Gasteiger partial charge in [-0.2, -0.15) is 13.2 Å². The molecule has 0 aliphatic heterocycles. The molecule has 3 aromatic carbocycles. The zero-order chi connectivity index (χ0) is 29.5. The highest BCUT2D eigenvalue weighted by molar-refractivity contribution is 6.31. The van der Waals surface area contributed by atoms with Crippen molar-refractivity contribution in [3.05, 3.63) is 123 Å². The minimum absolute atomic E-state index is 0.0227. The molecule has 1 aliphatic rings. The van der Waals surface area contributed by atoms with Crippen LogP contribution >= 0.6 is 0 Å². The number of carbonyl (C=O) groups is 3. The van der Waals surface area contributed by atoms with Crippen LogP contribution in [0.4, 0.5) is 13.2 Å². The normalized spacial score (nSPS) is 12.7. The van der Waals surface area contributed by atoms with Crippen molar-refractivity contribution in [1.82, 2.24) is 0 Å². The van der Waals surface area contributed by atoms with Gasteiger partial charge in [0, 0.05) is 34.4 Å². The van der Waals surface area contributed by atoms with Crippen molar-refractivity contribution in [2.75, 3.05) is 0 Å². The van der Waals surface area contributed by atoms with Crippen LogP contribution < -0.4 is 10.3 Å². The molecule has 0 unspecified atom stereocenters. The fraction of sp³-hybridized carbons (Fsp3) is 0.161. The van der Waals surface area contributed by atoms with Gasteiger partial charge in [-0.15, -0.1) is 0 Å². The quantitative estimate of drug-likeness (QED) is 0.253. The van der Waals surface area contributed by atoms with Crippen molar-refractivity contribution < 1.29 is 42.3 Å². The number of aromatic nitrogens is 1. The third-order valence-electron chi connectivity index (χ3n) is 7.15. The van der Waals surface area contributed by atoms with E-state index in [0.29, 0.717) is 24.9 Å².